The topological polar surface area (TPSA) is 182 Å². The molecule has 2 aliphatic heterocycles. The van der Waals surface area contributed by atoms with Crippen molar-refractivity contribution in [3.05, 3.63) is 30.5 Å². The molecule has 16 heteroatoms. The quantitative estimate of drug-likeness (QED) is 0.344. The first-order valence-electron chi connectivity index (χ1n) is 19.3. The van der Waals surface area contributed by atoms with E-state index in [2.05, 4.69) is 27.3 Å². The van der Waals surface area contributed by atoms with Crippen molar-refractivity contribution in [2.75, 3.05) is 20.3 Å². The van der Waals surface area contributed by atoms with Crippen LogP contribution in [0.5, 0.6) is 11.6 Å². The van der Waals surface area contributed by atoms with E-state index in [4.69, 9.17) is 14.2 Å². The lowest BCUT2D eigenvalue weighted by molar-refractivity contribution is -0.142. The van der Waals surface area contributed by atoms with Gasteiger partial charge in [0.2, 0.25) is 27.7 Å². The highest BCUT2D eigenvalue weighted by Crippen LogP contribution is 2.49. The van der Waals surface area contributed by atoms with Crippen molar-refractivity contribution in [1.82, 2.24) is 25.2 Å². The van der Waals surface area contributed by atoms with Crippen LogP contribution >= 0.6 is 0 Å². The number of aromatic nitrogens is 1. The van der Waals surface area contributed by atoms with Crippen molar-refractivity contribution in [3.8, 4) is 11.6 Å². The SMILES string of the molecule is COc1cnc(O[C@@H]2C[C@H]3C(=O)N[C@]4(C(=O)NS(=O)(=O)C5(CF)CC5)C[C@H]4CCCC[C@@H](C)C[C@@H](C)[C@H](NC(=O)OC(C)(C)C)C(=O)N3C2)c2ccccc12. The summed E-state index contributed by atoms with van der Waals surface area (Å²) in [5.41, 5.74) is -2.40. The Labute approximate surface area is 322 Å². The Kier molecular flexibility index (Phi) is 11.3. The number of amides is 4. The Morgan fingerprint density at radius 2 is 1.76 bits per heavy atom. The normalized spacial score (nSPS) is 29.8. The molecule has 0 spiro atoms. The van der Waals surface area contributed by atoms with Gasteiger partial charge in [-0.1, -0.05) is 51.3 Å². The molecule has 3 heterocycles. The summed E-state index contributed by atoms with van der Waals surface area (Å²) in [6, 6.07) is 5.15. The van der Waals surface area contributed by atoms with E-state index < -0.39 is 74.6 Å². The van der Waals surface area contributed by atoms with Gasteiger partial charge in [0.15, 0.2) is 0 Å². The van der Waals surface area contributed by atoms with Gasteiger partial charge in [0, 0.05) is 17.2 Å². The second-order valence-corrected chi connectivity index (χ2v) is 19.1. The summed E-state index contributed by atoms with van der Waals surface area (Å²) in [6.45, 7) is 7.97. The van der Waals surface area contributed by atoms with Gasteiger partial charge in [-0.05, 0) is 76.7 Å². The summed E-state index contributed by atoms with van der Waals surface area (Å²) in [4.78, 5) is 62.2. The summed E-state index contributed by atoms with van der Waals surface area (Å²) in [5.74, 6) is -1.82. The Morgan fingerprint density at radius 3 is 2.42 bits per heavy atom. The zero-order chi connectivity index (χ0) is 39.9. The van der Waals surface area contributed by atoms with E-state index in [1.165, 1.54) is 18.2 Å². The number of rotatable bonds is 8. The number of methoxy groups -OCH3 is 1. The fourth-order valence-electron chi connectivity index (χ4n) is 8.17. The van der Waals surface area contributed by atoms with E-state index in [9.17, 15) is 32.0 Å². The predicted octanol–water partition coefficient (Wildman–Crippen LogP) is 4.54. The average Bonchev–Trinajstić information content (AvgIpc) is 4.02. The molecule has 3 N–H and O–H groups in total. The van der Waals surface area contributed by atoms with Gasteiger partial charge in [-0.25, -0.2) is 22.6 Å². The van der Waals surface area contributed by atoms with E-state index in [0.717, 1.165) is 24.6 Å². The zero-order valence-corrected chi connectivity index (χ0v) is 33.3. The third-order valence-electron chi connectivity index (χ3n) is 11.6. The number of ether oxygens (including phenoxy) is 3. The van der Waals surface area contributed by atoms with Crippen molar-refractivity contribution in [2.45, 2.75) is 126 Å². The van der Waals surface area contributed by atoms with Gasteiger partial charge in [-0.3, -0.25) is 19.1 Å². The zero-order valence-electron chi connectivity index (χ0n) is 32.5. The van der Waals surface area contributed by atoms with Gasteiger partial charge >= 0.3 is 6.09 Å². The van der Waals surface area contributed by atoms with E-state index in [1.54, 1.807) is 20.8 Å². The summed E-state index contributed by atoms with van der Waals surface area (Å²) >= 11 is 0. The molecule has 4 fully saturated rings. The maximum atomic E-state index is 14.8. The molecule has 2 aliphatic carbocycles. The van der Waals surface area contributed by atoms with E-state index in [0.29, 0.717) is 24.0 Å². The number of halogens is 1. The number of pyridine rings is 1. The Bertz CT molecular complexity index is 1920. The van der Waals surface area contributed by atoms with Gasteiger partial charge in [-0.2, -0.15) is 0 Å². The standard InChI is InChI=1S/C39H54FN5O9S/c1-23-11-7-8-12-25-19-39(25,35(48)44-55(50,51)38(22-40)15-16-38)43-32(46)29-18-26(53-33-28-14-10-9-13-27(28)30(52-6)20-41-33)21-45(29)34(47)31(24(2)17-23)42-36(49)54-37(3,4)5/h9-10,13-14,20,23-26,29,31H,7-8,11-12,15-19,21-22H2,1-6H3,(H,42,49)(H,43,46)(H,44,48)/t23-,24-,25-,26-,29+,31+,39-/m1/s1. The molecule has 14 nitrogen and oxygen atoms in total. The largest absolute Gasteiger partial charge is 0.494 e. The summed E-state index contributed by atoms with van der Waals surface area (Å²) < 4.78 is 58.2. The number of hydrogen-bond donors (Lipinski definition) is 3. The monoisotopic (exact) mass is 787 g/mol. The van der Waals surface area contributed by atoms with Gasteiger partial charge in [0.1, 0.15) is 46.5 Å². The minimum atomic E-state index is -4.36. The summed E-state index contributed by atoms with van der Waals surface area (Å²) in [5, 5.41) is 7.09. The molecule has 7 atom stereocenters. The lowest BCUT2D eigenvalue weighted by Crippen LogP contribution is -2.59. The summed E-state index contributed by atoms with van der Waals surface area (Å²) in [7, 11) is -2.82. The van der Waals surface area contributed by atoms with Crippen LogP contribution in [0, 0.1) is 17.8 Å². The molecule has 1 aromatic carbocycles. The van der Waals surface area contributed by atoms with Crippen molar-refractivity contribution < 1.29 is 46.2 Å². The highest BCUT2D eigenvalue weighted by molar-refractivity contribution is 7.91. The number of fused-ring (bicyclic) bond motifs is 3. The molecule has 4 amide bonds. The molecule has 2 aromatic rings. The number of sulfonamides is 1. The number of nitrogens with zero attached hydrogens (tertiary/aromatic N) is 2. The molecule has 55 heavy (non-hydrogen) atoms. The van der Waals surface area contributed by atoms with Crippen LogP contribution in [0.1, 0.15) is 92.4 Å². The molecule has 2 saturated heterocycles. The minimum absolute atomic E-state index is 0.00910. The van der Waals surface area contributed by atoms with Crippen LogP contribution in [-0.4, -0.2) is 96.5 Å². The van der Waals surface area contributed by atoms with Crippen molar-refractivity contribution in [3.63, 3.8) is 0 Å². The van der Waals surface area contributed by atoms with Crippen LogP contribution in [0.2, 0.25) is 0 Å². The summed E-state index contributed by atoms with van der Waals surface area (Å²) in [6.07, 6.45) is 3.93. The second kappa shape index (κ2) is 15.4. The second-order valence-electron chi connectivity index (χ2n) is 17.0. The lowest BCUT2D eigenvalue weighted by Gasteiger charge is -2.33. The van der Waals surface area contributed by atoms with E-state index >= 15 is 0 Å². The first-order chi connectivity index (χ1) is 25.9. The molecule has 302 valence electrons. The molecule has 2 saturated carbocycles. The molecular weight excluding hydrogens is 734 g/mol. The Hall–Kier alpha value is -4.21. The Balaban J connectivity index is 1.34. The number of carbonyl (C=O) groups is 4. The number of alkyl carbamates (subject to hydrolysis) is 1. The molecule has 4 aliphatic rings. The smallest absolute Gasteiger partial charge is 0.408 e. The Morgan fingerprint density at radius 1 is 1.07 bits per heavy atom. The fourth-order valence-corrected chi connectivity index (χ4v) is 9.59. The van der Waals surface area contributed by atoms with Crippen LogP contribution in [0.3, 0.4) is 0 Å². The first-order valence-corrected chi connectivity index (χ1v) is 20.7. The molecule has 6 rings (SSSR count). The van der Waals surface area contributed by atoms with Crippen molar-refractivity contribution >= 4 is 44.6 Å². The van der Waals surface area contributed by atoms with E-state index in [-0.39, 0.29) is 55.9 Å². The van der Waals surface area contributed by atoms with E-state index in [1.807, 2.05) is 31.2 Å². The third-order valence-corrected chi connectivity index (χ3v) is 13.7. The third kappa shape index (κ3) is 8.48. The number of carbonyl (C=O) groups excluding carboxylic acids is 4. The number of alkyl halides is 1. The minimum Gasteiger partial charge on any atom is -0.494 e. The van der Waals surface area contributed by atoms with Crippen LogP contribution < -0.4 is 24.8 Å². The maximum absolute atomic E-state index is 14.8. The van der Waals surface area contributed by atoms with Gasteiger partial charge < -0.3 is 29.7 Å². The molecule has 1 aromatic heterocycles. The average molecular weight is 788 g/mol. The fraction of sp³-hybridized carbons (Fsp3) is 0.667. The molecule has 0 radical (unpaired) electrons. The van der Waals surface area contributed by atoms with Crippen LogP contribution in [0.25, 0.3) is 10.8 Å². The van der Waals surface area contributed by atoms with Crippen LogP contribution in [0.4, 0.5) is 9.18 Å². The van der Waals surface area contributed by atoms with Gasteiger partial charge in [0.25, 0.3) is 5.91 Å². The predicted molar refractivity (Wildman–Crippen MR) is 201 cm³/mol. The highest BCUT2D eigenvalue weighted by atomic mass is 32.2. The molecule has 0 unspecified atom stereocenters. The number of hydrogen-bond acceptors (Lipinski definition) is 10. The van der Waals surface area contributed by atoms with Crippen LogP contribution in [-0.2, 0) is 29.1 Å². The number of nitrogens with one attached hydrogen (secondary N) is 3. The van der Waals surface area contributed by atoms with Gasteiger partial charge in [0.05, 0.1) is 19.9 Å². The molecule has 0 bridgehead atoms. The maximum Gasteiger partial charge on any atom is 0.408 e. The van der Waals surface area contributed by atoms with Crippen LogP contribution in [0.15, 0.2) is 30.5 Å². The lowest BCUT2D eigenvalue weighted by atomic mass is 9.87. The van der Waals surface area contributed by atoms with Gasteiger partial charge in [-0.15, -0.1) is 0 Å². The highest BCUT2D eigenvalue weighted by Gasteiger charge is 2.64. The first kappa shape index (κ1) is 40.5. The van der Waals surface area contributed by atoms with Crippen molar-refractivity contribution in [1.29, 1.82) is 0 Å². The number of benzene rings is 1. The molecular formula is C39H54FN5O9S. The van der Waals surface area contributed by atoms with Crippen molar-refractivity contribution in [2.24, 2.45) is 17.8 Å².